The number of carbonyl (C=O) groups is 1. The number of ketones is 1. The van der Waals surface area contributed by atoms with Crippen molar-refractivity contribution in [2.24, 2.45) is 7.05 Å². The van der Waals surface area contributed by atoms with E-state index in [2.05, 4.69) is 15.4 Å². The molecule has 0 spiro atoms. The minimum atomic E-state index is -0.358. The van der Waals surface area contributed by atoms with Crippen molar-refractivity contribution in [3.8, 4) is 0 Å². The molecule has 96 valence electrons. The molecule has 0 atom stereocenters. The lowest BCUT2D eigenvalue weighted by Gasteiger charge is -2.01. The number of carbonyl (C=O) groups excluding carboxylic acids is 1. The first-order chi connectivity index (χ1) is 9.16. The third-order valence-electron chi connectivity index (χ3n) is 2.71. The fourth-order valence-corrected chi connectivity index (χ4v) is 2.39. The van der Waals surface area contributed by atoms with Gasteiger partial charge in [-0.05, 0) is 11.4 Å². The van der Waals surface area contributed by atoms with E-state index < -0.39 is 0 Å². The lowest BCUT2D eigenvalue weighted by atomic mass is 10.3. The smallest absolute Gasteiger partial charge is 0.281 e. The van der Waals surface area contributed by atoms with Crippen LogP contribution in [0.5, 0.6) is 0 Å². The van der Waals surface area contributed by atoms with E-state index in [0.29, 0.717) is 15.9 Å². The number of thiophene rings is 1. The van der Waals surface area contributed by atoms with E-state index >= 15 is 0 Å². The minimum absolute atomic E-state index is 0.114. The van der Waals surface area contributed by atoms with E-state index in [4.69, 9.17) is 0 Å². The van der Waals surface area contributed by atoms with Crippen LogP contribution in [0, 0.1) is 0 Å². The highest BCUT2D eigenvalue weighted by Gasteiger charge is 2.13. The van der Waals surface area contributed by atoms with Gasteiger partial charge < -0.3 is 0 Å². The summed E-state index contributed by atoms with van der Waals surface area (Å²) in [6.45, 7) is -0.114. The first-order valence-electron chi connectivity index (χ1n) is 5.49. The molecule has 19 heavy (non-hydrogen) atoms. The van der Waals surface area contributed by atoms with E-state index in [0.717, 1.165) is 4.68 Å². The second kappa shape index (κ2) is 4.39. The van der Waals surface area contributed by atoms with Gasteiger partial charge in [0.2, 0.25) is 0 Å². The summed E-state index contributed by atoms with van der Waals surface area (Å²) in [6.07, 6.45) is 1.43. The van der Waals surface area contributed by atoms with Crippen LogP contribution in [0.2, 0.25) is 0 Å². The summed E-state index contributed by atoms with van der Waals surface area (Å²) in [5.41, 5.74) is 0.0489. The molecule has 3 heterocycles. The summed E-state index contributed by atoms with van der Waals surface area (Å²) < 4.78 is 2.53. The standard InChI is InChI=1S/C11H9N5O2S/c1-15-10-7(5-12-15)11(18)16(14-13-10)6-8(17)9-3-2-4-19-9/h2-5H,6H2,1H3. The third kappa shape index (κ3) is 1.95. The molecule has 0 amide bonds. The van der Waals surface area contributed by atoms with Gasteiger partial charge in [0.25, 0.3) is 5.56 Å². The van der Waals surface area contributed by atoms with Gasteiger partial charge in [0.15, 0.2) is 11.4 Å². The van der Waals surface area contributed by atoms with Crippen LogP contribution in [0.1, 0.15) is 9.67 Å². The number of hydrogen-bond donors (Lipinski definition) is 0. The highest BCUT2D eigenvalue weighted by molar-refractivity contribution is 7.12. The Morgan fingerprint density at radius 1 is 1.47 bits per heavy atom. The van der Waals surface area contributed by atoms with Crippen molar-refractivity contribution in [1.82, 2.24) is 24.8 Å². The number of hydrogen-bond acceptors (Lipinski definition) is 6. The van der Waals surface area contributed by atoms with Gasteiger partial charge in [-0.1, -0.05) is 11.3 Å². The van der Waals surface area contributed by atoms with Gasteiger partial charge in [-0.2, -0.15) is 5.10 Å². The number of Topliss-reactive ketones (excluding diaryl/α,β-unsaturated/α-hetero) is 1. The molecule has 0 bridgehead atoms. The van der Waals surface area contributed by atoms with Crippen LogP contribution in [0.25, 0.3) is 11.0 Å². The summed E-state index contributed by atoms with van der Waals surface area (Å²) in [5, 5.41) is 13.8. The fourth-order valence-electron chi connectivity index (χ4n) is 1.73. The Kier molecular flexibility index (Phi) is 2.71. The molecule has 0 radical (unpaired) electrons. The van der Waals surface area contributed by atoms with Crippen molar-refractivity contribution < 1.29 is 4.79 Å². The zero-order chi connectivity index (χ0) is 13.4. The Balaban J connectivity index is 2.00. The molecule has 3 rings (SSSR count). The second-order valence-corrected chi connectivity index (χ2v) is 4.91. The highest BCUT2D eigenvalue weighted by atomic mass is 32.1. The molecule has 3 aromatic heterocycles. The summed E-state index contributed by atoms with van der Waals surface area (Å²) in [4.78, 5) is 24.6. The SMILES string of the molecule is Cn1ncc2c(=O)n(CC(=O)c3cccs3)nnc21. The molecular formula is C11H9N5O2S. The number of aryl methyl sites for hydroxylation is 1. The van der Waals surface area contributed by atoms with E-state index in [-0.39, 0.29) is 17.9 Å². The Bertz CT molecular complexity index is 802. The van der Waals surface area contributed by atoms with E-state index in [1.807, 2.05) is 5.38 Å². The molecule has 0 aliphatic carbocycles. The molecule has 0 aliphatic heterocycles. The number of aromatic nitrogens is 5. The predicted molar refractivity (Wildman–Crippen MR) is 69.2 cm³/mol. The Labute approximate surface area is 111 Å². The Hall–Kier alpha value is -2.35. The molecule has 7 nitrogen and oxygen atoms in total. The molecule has 0 unspecified atom stereocenters. The Morgan fingerprint density at radius 3 is 3.05 bits per heavy atom. The van der Waals surface area contributed by atoms with Crippen LogP contribution < -0.4 is 5.56 Å². The van der Waals surface area contributed by atoms with Crippen molar-refractivity contribution in [3.05, 3.63) is 38.9 Å². The zero-order valence-corrected chi connectivity index (χ0v) is 10.8. The van der Waals surface area contributed by atoms with Crippen LogP contribution in [0.4, 0.5) is 0 Å². The lowest BCUT2D eigenvalue weighted by Crippen LogP contribution is -2.27. The number of rotatable bonds is 3. The summed E-state index contributed by atoms with van der Waals surface area (Å²) in [7, 11) is 1.68. The third-order valence-corrected chi connectivity index (χ3v) is 3.62. The number of fused-ring (bicyclic) bond motifs is 1. The van der Waals surface area contributed by atoms with E-state index in [1.165, 1.54) is 22.2 Å². The van der Waals surface area contributed by atoms with E-state index in [9.17, 15) is 9.59 Å². The molecule has 0 N–H and O–H groups in total. The molecule has 0 aromatic carbocycles. The minimum Gasteiger partial charge on any atom is -0.291 e. The monoisotopic (exact) mass is 275 g/mol. The van der Waals surface area contributed by atoms with Crippen molar-refractivity contribution in [2.45, 2.75) is 6.54 Å². The van der Waals surface area contributed by atoms with Crippen LogP contribution in [0.3, 0.4) is 0 Å². The first-order valence-corrected chi connectivity index (χ1v) is 6.37. The van der Waals surface area contributed by atoms with Crippen LogP contribution >= 0.6 is 11.3 Å². The van der Waals surface area contributed by atoms with Crippen molar-refractivity contribution in [2.75, 3.05) is 0 Å². The quantitative estimate of drug-likeness (QED) is 0.649. The van der Waals surface area contributed by atoms with Gasteiger partial charge in [-0.25, -0.2) is 9.36 Å². The average molecular weight is 275 g/mol. The van der Waals surface area contributed by atoms with Crippen LogP contribution in [-0.4, -0.2) is 30.6 Å². The van der Waals surface area contributed by atoms with Crippen molar-refractivity contribution in [3.63, 3.8) is 0 Å². The molecule has 0 saturated carbocycles. The molecule has 0 aliphatic rings. The maximum atomic E-state index is 12.1. The molecule has 8 heteroatoms. The zero-order valence-electron chi connectivity index (χ0n) is 9.98. The summed E-state index contributed by atoms with van der Waals surface area (Å²) in [6, 6.07) is 3.50. The molecular weight excluding hydrogens is 266 g/mol. The Morgan fingerprint density at radius 2 is 2.32 bits per heavy atom. The number of nitrogens with zero attached hydrogens (tertiary/aromatic N) is 5. The van der Waals surface area contributed by atoms with Crippen molar-refractivity contribution >= 4 is 28.2 Å². The van der Waals surface area contributed by atoms with Gasteiger partial charge in [-0.3, -0.25) is 9.59 Å². The second-order valence-electron chi connectivity index (χ2n) is 3.96. The topological polar surface area (TPSA) is 82.7 Å². The van der Waals surface area contributed by atoms with Gasteiger partial charge in [0, 0.05) is 7.05 Å². The maximum Gasteiger partial charge on any atom is 0.281 e. The highest BCUT2D eigenvalue weighted by Crippen LogP contribution is 2.10. The molecule has 0 saturated heterocycles. The molecule has 0 fully saturated rings. The fraction of sp³-hybridized carbons (Fsp3) is 0.182. The lowest BCUT2D eigenvalue weighted by molar-refractivity contribution is 0.0968. The average Bonchev–Trinajstić information content (AvgIpc) is 3.03. The van der Waals surface area contributed by atoms with Crippen LogP contribution in [-0.2, 0) is 13.6 Å². The van der Waals surface area contributed by atoms with Gasteiger partial charge >= 0.3 is 0 Å². The van der Waals surface area contributed by atoms with Gasteiger partial charge in [0.1, 0.15) is 11.9 Å². The molecule has 3 aromatic rings. The largest absolute Gasteiger partial charge is 0.291 e. The van der Waals surface area contributed by atoms with Gasteiger partial charge in [0.05, 0.1) is 11.1 Å². The van der Waals surface area contributed by atoms with E-state index in [1.54, 1.807) is 19.2 Å². The van der Waals surface area contributed by atoms with Crippen LogP contribution in [0.15, 0.2) is 28.5 Å². The normalized spacial score (nSPS) is 11.0. The van der Waals surface area contributed by atoms with Gasteiger partial charge in [-0.15, -0.1) is 16.4 Å². The first kappa shape index (κ1) is 11.7. The van der Waals surface area contributed by atoms with Crippen molar-refractivity contribution in [1.29, 1.82) is 0 Å². The predicted octanol–water partition coefficient (Wildman–Crippen LogP) is 0.469. The summed E-state index contributed by atoms with van der Waals surface area (Å²) in [5.74, 6) is -0.158. The maximum absolute atomic E-state index is 12.1. The summed E-state index contributed by atoms with van der Waals surface area (Å²) >= 11 is 1.33.